The molecule has 1 saturated carbocycles. The number of nitrogens with one attached hydrogen (secondary N) is 1. The lowest BCUT2D eigenvalue weighted by molar-refractivity contribution is -0.153. The third-order valence-electron chi connectivity index (χ3n) is 8.39. The Labute approximate surface area is 237 Å². The van der Waals surface area contributed by atoms with E-state index in [2.05, 4.69) is 5.32 Å². The average molecular weight is 572 g/mol. The molecule has 0 heterocycles. The summed E-state index contributed by atoms with van der Waals surface area (Å²) in [6.07, 6.45) is 0.188. The zero-order valence-corrected chi connectivity index (χ0v) is 23.9. The maximum absolute atomic E-state index is 14.0. The van der Waals surface area contributed by atoms with Gasteiger partial charge in [-0.15, -0.1) is 0 Å². The molecule has 41 heavy (non-hydrogen) atoms. The molecule has 0 bridgehead atoms. The highest BCUT2D eigenvalue weighted by Crippen LogP contribution is 2.54. The SMILES string of the molecule is CCOC(=O)C(C)Nc1cc(C(C)C)c2c(c1O)C(O)=C1C(=O)[C@]3(O)C(O)=C(C(N)=O)C(=O)[C@@H](N(C)C)[C@@H]3C[C@@H]1C2. The van der Waals surface area contributed by atoms with E-state index in [-0.39, 0.29) is 42.2 Å². The van der Waals surface area contributed by atoms with Gasteiger partial charge in [0.15, 0.2) is 11.4 Å². The van der Waals surface area contributed by atoms with Crippen LogP contribution in [0.4, 0.5) is 5.69 Å². The summed E-state index contributed by atoms with van der Waals surface area (Å²) in [6, 6.07) is -0.310. The molecule has 0 radical (unpaired) electrons. The van der Waals surface area contributed by atoms with Crippen LogP contribution in [0.2, 0.25) is 0 Å². The zero-order valence-electron chi connectivity index (χ0n) is 23.9. The summed E-state index contributed by atoms with van der Waals surface area (Å²) in [4.78, 5) is 53.1. The van der Waals surface area contributed by atoms with Crippen LogP contribution < -0.4 is 11.1 Å². The molecule has 0 aromatic heterocycles. The Morgan fingerprint density at radius 2 is 1.83 bits per heavy atom. The van der Waals surface area contributed by atoms with E-state index in [1.807, 2.05) is 13.8 Å². The van der Waals surface area contributed by atoms with Crippen molar-refractivity contribution in [2.75, 3.05) is 26.0 Å². The van der Waals surface area contributed by atoms with Crippen LogP contribution in [0.25, 0.3) is 5.76 Å². The van der Waals surface area contributed by atoms with Crippen LogP contribution in [0, 0.1) is 11.8 Å². The Morgan fingerprint density at radius 1 is 1.20 bits per heavy atom. The van der Waals surface area contributed by atoms with Gasteiger partial charge >= 0.3 is 5.97 Å². The molecular formula is C29H37N3O9. The number of aromatic hydroxyl groups is 1. The number of anilines is 1. The second-order valence-corrected chi connectivity index (χ2v) is 11.4. The maximum Gasteiger partial charge on any atom is 0.328 e. The van der Waals surface area contributed by atoms with Crippen LogP contribution >= 0.6 is 0 Å². The normalized spacial score (nSPS) is 26.5. The topological polar surface area (TPSA) is 200 Å². The molecular weight excluding hydrogens is 534 g/mol. The fourth-order valence-electron chi connectivity index (χ4n) is 6.52. The minimum atomic E-state index is -2.71. The van der Waals surface area contributed by atoms with Gasteiger partial charge in [0, 0.05) is 11.5 Å². The van der Waals surface area contributed by atoms with Crippen molar-refractivity contribution in [1.29, 1.82) is 0 Å². The van der Waals surface area contributed by atoms with E-state index in [0.29, 0.717) is 5.56 Å². The molecule has 3 aliphatic rings. The predicted molar refractivity (Wildman–Crippen MR) is 148 cm³/mol. The largest absolute Gasteiger partial charge is 0.508 e. The lowest BCUT2D eigenvalue weighted by Crippen LogP contribution is -2.65. The van der Waals surface area contributed by atoms with Gasteiger partial charge in [0.1, 0.15) is 28.9 Å². The van der Waals surface area contributed by atoms with Crippen LogP contribution in [0.5, 0.6) is 5.75 Å². The van der Waals surface area contributed by atoms with Gasteiger partial charge in [-0.2, -0.15) is 0 Å². The van der Waals surface area contributed by atoms with Gasteiger partial charge in [-0.1, -0.05) is 13.8 Å². The molecule has 222 valence electrons. The first-order valence-electron chi connectivity index (χ1n) is 13.6. The molecule has 0 aliphatic heterocycles. The third kappa shape index (κ3) is 4.45. The number of esters is 1. The minimum absolute atomic E-state index is 0.00392. The molecule has 7 N–H and O–H groups in total. The van der Waals surface area contributed by atoms with E-state index in [1.54, 1.807) is 34.0 Å². The smallest absolute Gasteiger partial charge is 0.328 e. The van der Waals surface area contributed by atoms with Crippen LogP contribution in [0.15, 0.2) is 23.0 Å². The van der Waals surface area contributed by atoms with E-state index in [1.165, 1.54) is 4.90 Å². The molecule has 1 fully saturated rings. The minimum Gasteiger partial charge on any atom is -0.508 e. The van der Waals surface area contributed by atoms with Crippen molar-refractivity contribution in [2.45, 2.75) is 64.1 Å². The molecule has 0 saturated heterocycles. The van der Waals surface area contributed by atoms with Crippen molar-refractivity contribution < 1.29 is 44.3 Å². The van der Waals surface area contributed by atoms with E-state index in [9.17, 15) is 39.6 Å². The van der Waals surface area contributed by atoms with Gasteiger partial charge in [-0.25, -0.2) is 4.79 Å². The molecule has 1 aromatic rings. The summed E-state index contributed by atoms with van der Waals surface area (Å²) in [6.45, 7) is 7.22. The molecule has 5 atom stereocenters. The number of aliphatic hydroxyl groups is 3. The first-order valence-corrected chi connectivity index (χ1v) is 13.6. The molecule has 3 aliphatic carbocycles. The van der Waals surface area contributed by atoms with Gasteiger partial charge in [-0.3, -0.25) is 19.3 Å². The molecule has 0 spiro atoms. The standard InChI is InChI=1S/C29H37N3O9/c1-7-41-28(39)12(4)31-17-10-14(11(2)3)15-8-13-9-16-21(32(5)6)24(35)20(27(30)38)26(37)29(16,40)25(36)18(13)23(34)19(15)22(17)33/h10-13,16,21,31,33-34,37,40H,7-9H2,1-6H3,(H2,30,38)/t12?,13-,16-,21-,29-/m0/s1. The summed E-state index contributed by atoms with van der Waals surface area (Å²) >= 11 is 0. The number of hydrogen-bond donors (Lipinski definition) is 6. The number of amides is 1. The van der Waals surface area contributed by atoms with Gasteiger partial charge in [0.25, 0.3) is 5.91 Å². The number of likely N-dealkylation sites (N-methyl/N-ethyl adjacent to an activating group) is 1. The number of fused-ring (bicyclic) bond motifs is 3. The highest BCUT2D eigenvalue weighted by Gasteiger charge is 2.64. The number of phenolic OH excluding ortho intramolecular Hbond substituents is 1. The number of hydrogen-bond acceptors (Lipinski definition) is 11. The Balaban J connectivity index is 1.93. The number of primary amides is 1. The van der Waals surface area contributed by atoms with Crippen molar-refractivity contribution in [1.82, 2.24) is 4.90 Å². The number of aliphatic hydroxyl groups excluding tert-OH is 2. The summed E-state index contributed by atoms with van der Waals surface area (Å²) in [5.41, 5.74) is 2.98. The Bertz CT molecular complexity index is 1410. The quantitative estimate of drug-likeness (QED) is 0.157. The van der Waals surface area contributed by atoms with Gasteiger partial charge < -0.3 is 36.2 Å². The number of benzene rings is 1. The summed E-state index contributed by atoms with van der Waals surface area (Å²) < 4.78 is 5.04. The number of carbonyl (C=O) groups is 4. The first kappa shape index (κ1) is 30.1. The summed E-state index contributed by atoms with van der Waals surface area (Å²) in [5.74, 6) is -7.78. The van der Waals surface area contributed by atoms with E-state index >= 15 is 0 Å². The van der Waals surface area contributed by atoms with Crippen LogP contribution in [-0.4, -0.2) is 87.2 Å². The fourth-order valence-corrected chi connectivity index (χ4v) is 6.52. The second-order valence-electron chi connectivity index (χ2n) is 11.4. The number of phenols is 1. The van der Waals surface area contributed by atoms with Crippen LogP contribution in [0.3, 0.4) is 0 Å². The Morgan fingerprint density at radius 3 is 2.37 bits per heavy atom. The van der Waals surface area contributed by atoms with Crippen molar-refractivity contribution in [3.05, 3.63) is 39.7 Å². The number of nitrogens with two attached hydrogens (primary N) is 1. The number of ketones is 2. The highest BCUT2D eigenvalue weighted by molar-refractivity contribution is 6.24. The van der Waals surface area contributed by atoms with Crippen molar-refractivity contribution in [2.24, 2.45) is 17.6 Å². The Kier molecular flexibility index (Phi) is 7.70. The van der Waals surface area contributed by atoms with Crippen molar-refractivity contribution in [3.63, 3.8) is 0 Å². The third-order valence-corrected chi connectivity index (χ3v) is 8.39. The number of carbonyl (C=O) groups excluding carboxylic acids is 4. The van der Waals surface area contributed by atoms with Crippen LogP contribution in [0.1, 0.15) is 56.7 Å². The molecule has 12 nitrogen and oxygen atoms in total. The van der Waals surface area contributed by atoms with E-state index in [0.717, 1.165) is 5.56 Å². The van der Waals surface area contributed by atoms with Gasteiger partial charge in [0.2, 0.25) is 5.78 Å². The maximum atomic E-state index is 14.0. The summed E-state index contributed by atoms with van der Waals surface area (Å²) in [7, 11) is 3.10. The second kappa shape index (κ2) is 10.5. The number of ether oxygens (including phenoxy) is 1. The predicted octanol–water partition coefficient (Wildman–Crippen LogP) is 1.45. The number of rotatable bonds is 7. The molecule has 12 heteroatoms. The van der Waals surface area contributed by atoms with Gasteiger partial charge in [0.05, 0.1) is 23.9 Å². The lowest BCUT2D eigenvalue weighted by Gasteiger charge is -2.50. The summed E-state index contributed by atoms with van der Waals surface area (Å²) in [5, 5.41) is 48.5. The van der Waals surface area contributed by atoms with E-state index < -0.39 is 75.8 Å². The Hall–Kier alpha value is -3.90. The van der Waals surface area contributed by atoms with Crippen LogP contribution in [-0.2, 0) is 30.3 Å². The lowest BCUT2D eigenvalue weighted by atomic mass is 9.57. The van der Waals surface area contributed by atoms with Gasteiger partial charge in [-0.05, 0) is 69.8 Å². The first-order chi connectivity index (χ1) is 19.1. The highest BCUT2D eigenvalue weighted by atomic mass is 16.5. The average Bonchev–Trinajstić information content (AvgIpc) is 2.87. The molecule has 1 unspecified atom stereocenters. The zero-order chi connectivity index (χ0) is 30.7. The van der Waals surface area contributed by atoms with Crippen molar-refractivity contribution in [3.8, 4) is 5.75 Å². The molecule has 1 aromatic carbocycles. The monoisotopic (exact) mass is 571 g/mol. The molecule has 4 rings (SSSR count). The number of Topliss-reactive ketones (excluding diaryl/α,β-unsaturated/α-hetero) is 2. The fraction of sp³-hybridized carbons (Fsp3) is 0.517. The van der Waals surface area contributed by atoms with Crippen molar-refractivity contribution >= 4 is 34.9 Å². The number of nitrogens with zero attached hydrogens (tertiary/aromatic N) is 1. The van der Waals surface area contributed by atoms with E-state index in [4.69, 9.17) is 10.5 Å². The molecule has 1 amide bonds.